The first kappa shape index (κ1) is 13.4. The van der Waals surface area contributed by atoms with Gasteiger partial charge in [0.15, 0.2) is 0 Å². The lowest BCUT2D eigenvalue weighted by atomic mass is 10.00. The molecule has 0 spiro atoms. The Balaban J connectivity index is 2.04. The van der Waals surface area contributed by atoms with Gasteiger partial charge in [0.2, 0.25) is 0 Å². The smallest absolute Gasteiger partial charge is 0.338 e. The van der Waals surface area contributed by atoms with Crippen LogP contribution in [-0.4, -0.2) is 12.6 Å². The molecule has 2 rings (SSSR count). The minimum Gasteiger partial charge on any atom is -0.462 e. The van der Waals surface area contributed by atoms with Crippen molar-refractivity contribution in [3.8, 4) is 11.8 Å². The predicted octanol–water partition coefficient (Wildman–Crippen LogP) is 3.72. The van der Waals surface area contributed by atoms with E-state index in [9.17, 15) is 4.79 Å². The van der Waals surface area contributed by atoms with E-state index in [0.29, 0.717) is 12.2 Å². The summed E-state index contributed by atoms with van der Waals surface area (Å²) in [6.07, 6.45) is 6.98. The summed E-state index contributed by atoms with van der Waals surface area (Å²) in [6, 6.07) is 7.25. The molecule has 2 heteroatoms. The van der Waals surface area contributed by atoms with Crippen LogP contribution in [0, 0.1) is 11.8 Å². The Bertz CT molecular complexity index is 527. The molecule has 1 aliphatic rings. The molecular weight excluding hydrogens is 236 g/mol. The Hall–Kier alpha value is -2.01. The van der Waals surface area contributed by atoms with Gasteiger partial charge in [0, 0.05) is 5.56 Å². The van der Waals surface area contributed by atoms with Crippen molar-refractivity contribution in [3.63, 3.8) is 0 Å². The summed E-state index contributed by atoms with van der Waals surface area (Å²) in [6.45, 7) is 2.20. The molecule has 0 heterocycles. The number of hydrogen-bond acceptors (Lipinski definition) is 2. The van der Waals surface area contributed by atoms with Crippen molar-refractivity contribution in [2.45, 2.75) is 32.6 Å². The summed E-state index contributed by atoms with van der Waals surface area (Å²) in [4.78, 5) is 11.5. The Morgan fingerprint density at radius 2 is 2.00 bits per heavy atom. The number of carbonyl (C=O) groups is 1. The van der Waals surface area contributed by atoms with E-state index in [-0.39, 0.29) is 5.97 Å². The van der Waals surface area contributed by atoms with Crippen molar-refractivity contribution in [1.82, 2.24) is 0 Å². The van der Waals surface area contributed by atoms with Crippen molar-refractivity contribution in [2.24, 2.45) is 0 Å². The molecule has 0 unspecified atom stereocenters. The highest BCUT2D eigenvalue weighted by Gasteiger charge is 2.04. The zero-order valence-electron chi connectivity index (χ0n) is 11.2. The van der Waals surface area contributed by atoms with Crippen LogP contribution in [0.25, 0.3) is 0 Å². The Labute approximate surface area is 114 Å². The van der Waals surface area contributed by atoms with Gasteiger partial charge in [-0.2, -0.15) is 0 Å². The molecule has 0 fully saturated rings. The number of carbonyl (C=O) groups excluding carboxylic acids is 1. The van der Waals surface area contributed by atoms with E-state index in [1.54, 1.807) is 19.1 Å². The lowest BCUT2D eigenvalue weighted by molar-refractivity contribution is 0.0526. The molecule has 0 aromatic heterocycles. The molecular formula is C17H18O2. The van der Waals surface area contributed by atoms with Gasteiger partial charge in [0.25, 0.3) is 0 Å². The summed E-state index contributed by atoms with van der Waals surface area (Å²) in [5, 5.41) is 0. The third-order valence-corrected chi connectivity index (χ3v) is 3.05. The summed E-state index contributed by atoms with van der Waals surface area (Å²) >= 11 is 0. The fraction of sp³-hybridized carbons (Fsp3) is 0.353. The van der Waals surface area contributed by atoms with Crippen molar-refractivity contribution in [2.75, 3.05) is 6.61 Å². The molecule has 1 aliphatic carbocycles. The summed E-state index contributed by atoms with van der Waals surface area (Å²) in [5.41, 5.74) is 2.74. The second kappa shape index (κ2) is 6.80. The van der Waals surface area contributed by atoms with Gasteiger partial charge < -0.3 is 4.74 Å². The van der Waals surface area contributed by atoms with Crippen LogP contribution in [-0.2, 0) is 4.74 Å². The molecule has 0 radical (unpaired) electrons. The topological polar surface area (TPSA) is 26.3 Å². The average Bonchev–Trinajstić information content (AvgIpc) is 2.47. The van der Waals surface area contributed by atoms with Gasteiger partial charge in [-0.25, -0.2) is 4.79 Å². The van der Waals surface area contributed by atoms with Crippen LogP contribution in [0.3, 0.4) is 0 Å². The van der Waals surface area contributed by atoms with Gasteiger partial charge >= 0.3 is 5.97 Å². The standard InChI is InChI=1S/C17H18O2/c1-2-19-17(18)16-12-10-15(11-13-16)9-8-14-6-4-3-5-7-14/h6,10-13H,2-5,7H2,1H3. The Kier molecular flexibility index (Phi) is 4.80. The molecule has 1 aromatic rings. The number of esters is 1. The van der Waals surface area contributed by atoms with E-state index in [4.69, 9.17) is 4.74 Å². The molecule has 0 aliphatic heterocycles. The number of allylic oxidation sites excluding steroid dienone is 2. The first-order chi connectivity index (χ1) is 9.29. The quantitative estimate of drug-likeness (QED) is 0.594. The van der Waals surface area contributed by atoms with Crippen LogP contribution < -0.4 is 0 Å². The van der Waals surface area contributed by atoms with Crippen LogP contribution in [0.15, 0.2) is 35.9 Å². The van der Waals surface area contributed by atoms with Crippen molar-refractivity contribution in [3.05, 3.63) is 47.0 Å². The van der Waals surface area contributed by atoms with Gasteiger partial charge in [-0.15, -0.1) is 0 Å². The van der Waals surface area contributed by atoms with Gasteiger partial charge in [0.1, 0.15) is 0 Å². The molecule has 0 bridgehead atoms. The maximum Gasteiger partial charge on any atom is 0.338 e. The van der Waals surface area contributed by atoms with Gasteiger partial charge in [0.05, 0.1) is 12.2 Å². The highest BCUT2D eigenvalue weighted by Crippen LogP contribution is 2.16. The monoisotopic (exact) mass is 254 g/mol. The predicted molar refractivity (Wildman–Crippen MR) is 75.8 cm³/mol. The molecule has 98 valence electrons. The molecule has 2 nitrogen and oxygen atoms in total. The number of ether oxygens (including phenoxy) is 1. The summed E-state index contributed by atoms with van der Waals surface area (Å²) in [5.74, 6) is 6.07. The third kappa shape index (κ3) is 3.99. The number of benzene rings is 1. The largest absolute Gasteiger partial charge is 0.462 e. The molecule has 0 N–H and O–H groups in total. The third-order valence-electron chi connectivity index (χ3n) is 3.05. The Morgan fingerprint density at radius 1 is 1.21 bits per heavy atom. The van der Waals surface area contributed by atoms with Crippen LogP contribution in [0.1, 0.15) is 48.5 Å². The zero-order valence-corrected chi connectivity index (χ0v) is 11.2. The molecule has 0 saturated carbocycles. The fourth-order valence-corrected chi connectivity index (χ4v) is 2.01. The second-order valence-corrected chi connectivity index (χ2v) is 4.52. The van der Waals surface area contributed by atoms with E-state index in [2.05, 4.69) is 17.9 Å². The minimum absolute atomic E-state index is 0.281. The lowest BCUT2D eigenvalue weighted by Crippen LogP contribution is -2.04. The van der Waals surface area contributed by atoms with Crippen molar-refractivity contribution < 1.29 is 9.53 Å². The lowest BCUT2D eigenvalue weighted by Gasteiger charge is -2.05. The van der Waals surface area contributed by atoms with Crippen LogP contribution in [0.2, 0.25) is 0 Å². The Morgan fingerprint density at radius 3 is 2.63 bits per heavy atom. The molecule has 1 aromatic carbocycles. The van der Waals surface area contributed by atoms with Gasteiger partial charge in [-0.1, -0.05) is 17.9 Å². The van der Waals surface area contributed by atoms with Crippen LogP contribution in [0.5, 0.6) is 0 Å². The van der Waals surface area contributed by atoms with E-state index in [1.165, 1.54) is 18.4 Å². The molecule has 0 saturated heterocycles. The average molecular weight is 254 g/mol. The molecule has 0 atom stereocenters. The van der Waals surface area contributed by atoms with Crippen molar-refractivity contribution >= 4 is 5.97 Å². The van der Waals surface area contributed by atoms with Crippen LogP contribution in [0.4, 0.5) is 0 Å². The zero-order chi connectivity index (χ0) is 13.5. The fourth-order valence-electron chi connectivity index (χ4n) is 2.01. The van der Waals surface area contributed by atoms with Gasteiger partial charge in [-0.3, -0.25) is 0 Å². The van der Waals surface area contributed by atoms with E-state index >= 15 is 0 Å². The van der Waals surface area contributed by atoms with E-state index in [0.717, 1.165) is 18.4 Å². The highest BCUT2D eigenvalue weighted by atomic mass is 16.5. The first-order valence-electron chi connectivity index (χ1n) is 6.78. The summed E-state index contributed by atoms with van der Waals surface area (Å²) < 4.78 is 4.94. The van der Waals surface area contributed by atoms with Gasteiger partial charge in [-0.05, 0) is 62.4 Å². The SMILES string of the molecule is CCOC(=O)c1ccc(C#CC2=CCCCC2)cc1. The van der Waals surface area contributed by atoms with E-state index in [1.807, 2.05) is 12.1 Å². The van der Waals surface area contributed by atoms with E-state index < -0.39 is 0 Å². The highest BCUT2D eigenvalue weighted by molar-refractivity contribution is 5.89. The molecule has 19 heavy (non-hydrogen) atoms. The molecule has 0 amide bonds. The minimum atomic E-state index is -0.281. The normalized spacial score (nSPS) is 14.1. The first-order valence-corrected chi connectivity index (χ1v) is 6.78. The number of hydrogen-bond donors (Lipinski definition) is 0. The maximum atomic E-state index is 11.5. The summed E-state index contributed by atoms with van der Waals surface area (Å²) in [7, 11) is 0. The van der Waals surface area contributed by atoms with Crippen LogP contribution >= 0.6 is 0 Å². The van der Waals surface area contributed by atoms with Crippen molar-refractivity contribution in [1.29, 1.82) is 0 Å². The second-order valence-electron chi connectivity index (χ2n) is 4.52. The number of rotatable bonds is 2. The maximum absolute atomic E-state index is 11.5.